The van der Waals surface area contributed by atoms with Gasteiger partial charge < -0.3 is 10.1 Å². The molecule has 3 rings (SSSR count). The quantitative estimate of drug-likeness (QED) is 0.764. The van der Waals surface area contributed by atoms with Crippen LogP contribution in [0.2, 0.25) is 0 Å². The van der Waals surface area contributed by atoms with Gasteiger partial charge in [-0.05, 0) is 48.7 Å². The molecular weight excluding hydrogens is 354 g/mol. The largest absolute Gasteiger partial charge is 0.376 e. The van der Waals surface area contributed by atoms with E-state index in [2.05, 4.69) is 15.0 Å². The van der Waals surface area contributed by atoms with Crippen molar-refractivity contribution < 1.29 is 17.9 Å². The number of carbonyl (C=O) groups is 1. The fraction of sp³-hybridized carbons (Fsp3) is 0.333. The van der Waals surface area contributed by atoms with Gasteiger partial charge in [0, 0.05) is 37.7 Å². The number of nitrogens with zero attached hydrogens (tertiary/aromatic N) is 1. The Labute approximate surface area is 152 Å². The fourth-order valence-corrected chi connectivity index (χ4v) is 3.74. The highest BCUT2D eigenvalue weighted by Crippen LogP contribution is 2.14. The highest BCUT2D eigenvalue weighted by Gasteiger charge is 2.19. The molecule has 138 valence electrons. The summed E-state index contributed by atoms with van der Waals surface area (Å²) in [5.41, 5.74) is 1.10. The summed E-state index contributed by atoms with van der Waals surface area (Å²) in [5, 5.41) is 2.79. The summed E-state index contributed by atoms with van der Waals surface area (Å²) in [7, 11) is -3.72. The number of aromatic nitrogens is 1. The van der Waals surface area contributed by atoms with Gasteiger partial charge in [-0.2, -0.15) is 0 Å². The fourth-order valence-electron chi connectivity index (χ4n) is 2.68. The Balaban J connectivity index is 1.64. The molecule has 26 heavy (non-hydrogen) atoms. The van der Waals surface area contributed by atoms with Crippen molar-refractivity contribution >= 4 is 15.9 Å². The summed E-state index contributed by atoms with van der Waals surface area (Å²) in [6.45, 7) is 1.30. The van der Waals surface area contributed by atoms with E-state index in [4.69, 9.17) is 4.74 Å². The number of hydrogen-bond donors (Lipinski definition) is 2. The number of benzene rings is 1. The molecule has 2 N–H and O–H groups in total. The number of hydrogen-bond acceptors (Lipinski definition) is 5. The van der Waals surface area contributed by atoms with E-state index >= 15 is 0 Å². The molecule has 1 fully saturated rings. The average Bonchev–Trinajstić information content (AvgIpc) is 3.19. The smallest absolute Gasteiger partial charge is 0.251 e. The van der Waals surface area contributed by atoms with E-state index in [0.717, 1.165) is 25.0 Å². The SMILES string of the molecule is O=C(NCC1CCCO1)c1cccc(S(=O)(=O)NCc2ccncc2)c1. The molecule has 1 amide bonds. The standard InChI is InChI=1S/C18H21N3O4S/c22-18(20-13-16-4-2-10-25-16)15-3-1-5-17(11-15)26(23,24)21-12-14-6-8-19-9-7-14/h1,3,5-9,11,16,21H,2,4,10,12-13H2,(H,20,22). The molecule has 0 radical (unpaired) electrons. The first-order valence-corrected chi connectivity index (χ1v) is 9.91. The van der Waals surface area contributed by atoms with E-state index in [1.807, 2.05) is 0 Å². The third kappa shape index (κ3) is 4.87. The molecule has 0 aliphatic carbocycles. The summed E-state index contributed by atoms with van der Waals surface area (Å²) < 4.78 is 32.9. The summed E-state index contributed by atoms with van der Waals surface area (Å²) in [6.07, 6.45) is 5.16. The van der Waals surface area contributed by atoms with E-state index < -0.39 is 10.0 Å². The van der Waals surface area contributed by atoms with E-state index in [1.165, 1.54) is 12.1 Å². The van der Waals surface area contributed by atoms with Gasteiger partial charge in [0.2, 0.25) is 10.0 Å². The molecule has 2 heterocycles. The highest BCUT2D eigenvalue weighted by molar-refractivity contribution is 7.89. The van der Waals surface area contributed by atoms with Crippen molar-refractivity contribution in [3.8, 4) is 0 Å². The Hall–Kier alpha value is -2.29. The second-order valence-corrected chi connectivity index (χ2v) is 7.82. The van der Waals surface area contributed by atoms with Gasteiger partial charge in [0.15, 0.2) is 0 Å². The third-order valence-electron chi connectivity index (χ3n) is 4.14. The first-order chi connectivity index (χ1) is 12.5. The maximum Gasteiger partial charge on any atom is 0.251 e. The maximum absolute atomic E-state index is 12.5. The molecule has 0 spiro atoms. The lowest BCUT2D eigenvalue weighted by atomic mass is 10.2. The van der Waals surface area contributed by atoms with E-state index in [9.17, 15) is 13.2 Å². The van der Waals surface area contributed by atoms with Crippen molar-refractivity contribution in [3.63, 3.8) is 0 Å². The molecule has 1 unspecified atom stereocenters. The van der Waals surface area contributed by atoms with Crippen molar-refractivity contribution in [2.45, 2.75) is 30.4 Å². The van der Waals surface area contributed by atoms with Crippen LogP contribution in [-0.2, 0) is 21.3 Å². The average molecular weight is 375 g/mol. The molecular formula is C18H21N3O4S. The highest BCUT2D eigenvalue weighted by atomic mass is 32.2. The van der Waals surface area contributed by atoms with Crippen LogP contribution in [-0.4, -0.2) is 38.6 Å². The minimum Gasteiger partial charge on any atom is -0.376 e. The van der Waals surface area contributed by atoms with Crippen LogP contribution in [0.15, 0.2) is 53.7 Å². The first kappa shape index (κ1) is 18.5. The van der Waals surface area contributed by atoms with Crippen LogP contribution in [0.4, 0.5) is 0 Å². The van der Waals surface area contributed by atoms with Crippen LogP contribution in [0.1, 0.15) is 28.8 Å². The lowest BCUT2D eigenvalue weighted by Gasteiger charge is -2.12. The van der Waals surface area contributed by atoms with Crippen LogP contribution in [0.3, 0.4) is 0 Å². The molecule has 2 aromatic rings. The van der Waals surface area contributed by atoms with Crippen LogP contribution < -0.4 is 10.0 Å². The Morgan fingerprint density at radius 2 is 2.04 bits per heavy atom. The van der Waals surface area contributed by atoms with Crippen molar-refractivity contribution in [1.29, 1.82) is 0 Å². The summed E-state index contributed by atoms with van der Waals surface area (Å²) in [4.78, 5) is 16.2. The van der Waals surface area contributed by atoms with Crippen molar-refractivity contribution in [1.82, 2.24) is 15.0 Å². The molecule has 1 saturated heterocycles. The normalized spacial score (nSPS) is 17.2. The predicted molar refractivity (Wildman–Crippen MR) is 96.0 cm³/mol. The minimum absolute atomic E-state index is 0.0351. The van der Waals surface area contributed by atoms with Crippen LogP contribution in [0, 0.1) is 0 Å². The zero-order valence-electron chi connectivity index (χ0n) is 14.2. The number of rotatable bonds is 7. The van der Waals surface area contributed by atoms with Gasteiger partial charge >= 0.3 is 0 Å². The van der Waals surface area contributed by atoms with Gasteiger partial charge in [0.05, 0.1) is 11.0 Å². The molecule has 1 aromatic heterocycles. The second-order valence-electron chi connectivity index (χ2n) is 6.05. The number of nitrogens with one attached hydrogen (secondary N) is 2. The molecule has 0 saturated carbocycles. The first-order valence-electron chi connectivity index (χ1n) is 8.43. The predicted octanol–water partition coefficient (Wildman–Crippen LogP) is 1.47. The van der Waals surface area contributed by atoms with Crippen LogP contribution in [0.5, 0.6) is 0 Å². The van der Waals surface area contributed by atoms with E-state index in [1.54, 1.807) is 36.7 Å². The van der Waals surface area contributed by atoms with Gasteiger partial charge in [0.1, 0.15) is 0 Å². The van der Waals surface area contributed by atoms with E-state index in [-0.39, 0.29) is 23.5 Å². The maximum atomic E-state index is 12.5. The zero-order valence-corrected chi connectivity index (χ0v) is 15.0. The minimum atomic E-state index is -3.72. The molecule has 8 heteroatoms. The Bertz CT molecular complexity index is 850. The number of pyridine rings is 1. The Morgan fingerprint density at radius 3 is 2.77 bits per heavy atom. The van der Waals surface area contributed by atoms with Gasteiger partial charge in [-0.1, -0.05) is 6.07 Å². The van der Waals surface area contributed by atoms with Gasteiger partial charge in [0.25, 0.3) is 5.91 Å². The topological polar surface area (TPSA) is 97.4 Å². The lowest BCUT2D eigenvalue weighted by molar-refractivity contribution is 0.0857. The Kier molecular flexibility index (Phi) is 5.97. The molecule has 1 aromatic carbocycles. The molecule has 1 aliphatic heterocycles. The van der Waals surface area contributed by atoms with E-state index in [0.29, 0.717) is 12.1 Å². The Morgan fingerprint density at radius 1 is 1.23 bits per heavy atom. The van der Waals surface area contributed by atoms with Crippen LogP contribution in [0.25, 0.3) is 0 Å². The summed E-state index contributed by atoms with van der Waals surface area (Å²) in [5.74, 6) is -0.313. The summed E-state index contributed by atoms with van der Waals surface area (Å²) >= 11 is 0. The van der Waals surface area contributed by atoms with Gasteiger partial charge in [-0.15, -0.1) is 0 Å². The summed E-state index contributed by atoms with van der Waals surface area (Å²) in [6, 6.07) is 9.45. The van der Waals surface area contributed by atoms with Gasteiger partial charge in [-0.25, -0.2) is 13.1 Å². The third-order valence-corrected chi connectivity index (χ3v) is 5.54. The zero-order chi connectivity index (χ0) is 18.4. The molecule has 1 atom stereocenters. The lowest BCUT2D eigenvalue weighted by Crippen LogP contribution is -2.32. The molecule has 0 bridgehead atoms. The molecule has 1 aliphatic rings. The van der Waals surface area contributed by atoms with Crippen molar-refractivity contribution in [2.24, 2.45) is 0 Å². The van der Waals surface area contributed by atoms with Crippen molar-refractivity contribution in [2.75, 3.05) is 13.2 Å². The number of carbonyl (C=O) groups excluding carboxylic acids is 1. The number of sulfonamides is 1. The number of amides is 1. The van der Waals surface area contributed by atoms with Crippen molar-refractivity contribution in [3.05, 3.63) is 59.9 Å². The number of ether oxygens (including phenoxy) is 1. The van der Waals surface area contributed by atoms with Gasteiger partial charge in [-0.3, -0.25) is 9.78 Å². The molecule has 7 nitrogen and oxygen atoms in total. The van der Waals surface area contributed by atoms with Crippen LogP contribution >= 0.6 is 0 Å². The second kappa shape index (κ2) is 8.39. The monoisotopic (exact) mass is 375 g/mol.